The van der Waals surface area contributed by atoms with E-state index in [9.17, 15) is 9.59 Å². The lowest BCUT2D eigenvalue weighted by atomic mass is 9.90. The highest BCUT2D eigenvalue weighted by Gasteiger charge is 2.27. The van der Waals surface area contributed by atoms with Crippen molar-refractivity contribution in [2.45, 2.75) is 40.0 Å². The minimum atomic E-state index is -0.546. The summed E-state index contributed by atoms with van der Waals surface area (Å²) in [5.74, 6) is -0.412. The summed E-state index contributed by atoms with van der Waals surface area (Å²) in [4.78, 5) is 29.2. The van der Waals surface area contributed by atoms with Crippen molar-refractivity contribution in [2.75, 3.05) is 36.4 Å². The topological polar surface area (TPSA) is 52.7 Å². The largest absolute Gasteiger partial charge is 0.372 e. The van der Waals surface area contributed by atoms with Crippen LogP contribution in [0.3, 0.4) is 0 Å². The van der Waals surface area contributed by atoms with Gasteiger partial charge in [-0.1, -0.05) is 30.3 Å². The van der Waals surface area contributed by atoms with Crippen LogP contribution < -0.4 is 10.2 Å². The van der Waals surface area contributed by atoms with Gasteiger partial charge in [0.1, 0.15) is 0 Å². The van der Waals surface area contributed by atoms with Crippen molar-refractivity contribution in [3.8, 4) is 0 Å². The van der Waals surface area contributed by atoms with Gasteiger partial charge in [-0.25, -0.2) is 0 Å². The first kappa shape index (κ1) is 21.9. The monoisotopic (exact) mass is 407 g/mol. The summed E-state index contributed by atoms with van der Waals surface area (Å²) in [6.45, 7) is 9.35. The predicted octanol–water partition coefficient (Wildman–Crippen LogP) is 4.26. The van der Waals surface area contributed by atoms with E-state index < -0.39 is 11.8 Å². The molecule has 0 aromatic heterocycles. The molecule has 1 fully saturated rings. The summed E-state index contributed by atoms with van der Waals surface area (Å²) in [7, 11) is 0. The second-order valence-electron chi connectivity index (χ2n) is 8.05. The van der Waals surface area contributed by atoms with Gasteiger partial charge in [-0.3, -0.25) is 9.59 Å². The highest BCUT2D eigenvalue weighted by atomic mass is 16.2. The molecular formula is C25H33N3O2. The summed E-state index contributed by atoms with van der Waals surface area (Å²) in [5, 5.41) is 2.81. The van der Waals surface area contributed by atoms with Crippen LogP contribution in [0.1, 0.15) is 37.8 Å². The third kappa shape index (κ3) is 5.41. The molecule has 1 aliphatic rings. The number of likely N-dealkylation sites (tertiary alicyclic amines) is 1. The molecule has 30 heavy (non-hydrogen) atoms. The van der Waals surface area contributed by atoms with Crippen LogP contribution in [0.4, 0.5) is 11.4 Å². The lowest BCUT2D eigenvalue weighted by Gasteiger charge is -2.31. The molecule has 1 saturated heterocycles. The number of anilines is 2. The summed E-state index contributed by atoms with van der Waals surface area (Å²) in [6.07, 6.45) is 2.91. The fourth-order valence-corrected chi connectivity index (χ4v) is 4.18. The van der Waals surface area contributed by atoms with Crippen LogP contribution in [0.15, 0.2) is 48.5 Å². The summed E-state index contributed by atoms with van der Waals surface area (Å²) < 4.78 is 0. The zero-order chi connectivity index (χ0) is 21.5. The Bertz CT molecular complexity index is 854. The van der Waals surface area contributed by atoms with E-state index in [2.05, 4.69) is 54.4 Å². The molecule has 5 nitrogen and oxygen atoms in total. The van der Waals surface area contributed by atoms with Crippen molar-refractivity contribution in [2.24, 2.45) is 5.92 Å². The van der Waals surface area contributed by atoms with Crippen LogP contribution in [-0.2, 0) is 16.0 Å². The fraction of sp³-hybridized carbons (Fsp3) is 0.440. The highest BCUT2D eigenvalue weighted by molar-refractivity contribution is 6.39. The maximum absolute atomic E-state index is 12.7. The van der Waals surface area contributed by atoms with Crippen LogP contribution in [0.5, 0.6) is 0 Å². The first-order valence-corrected chi connectivity index (χ1v) is 11.0. The molecule has 3 rings (SSSR count). The van der Waals surface area contributed by atoms with Crippen molar-refractivity contribution in [1.29, 1.82) is 0 Å². The van der Waals surface area contributed by atoms with E-state index in [4.69, 9.17) is 0 Å². The molecule has 0 unspecified atom stereocenters. The molecule has 0 aliphatic carbocycles. The molecule has 160 valence electrons. The smallest absolute Gasteiger partial charge is 0.313 e. The molecule has 0 atom stereocenters. The second-order valence-corrected chi connectivity index (χ2v) is 8.05. The molecule has 2 aromatic rings. The van der Waals surface area contributed by atoms with Crippen LogP contribution >= 0.6 is 0 Å². The van der Waals surface area contributed by atoms with Gasteiger partial charge < -0.3 is 15.1 Å². The first-order chi connectivity index (χ1) is 14.5. The van der Waals surface area contributed by atoms with Gasteiger partial charge >= 0.3 is 11.8 Å². The van der Waals surface area contributed by atoms with Crippen molar-refractivity contribution in [1.82, 2.24) is 4.90 Å². The molecule has 0 saturated carbocycles. The van der Waals surface area contributed by atoms with E-state index in [-0.39, 0.29) is 0 Å². The maximum Gasteiger partial charge on any atom is 0.313 e. The Hall–Kier alpha value is -2.82. The van der Waals surface area contributed by atoms with E-state index in [1.54, 1.807) is 4.90 Å². The molecule has 5 heteroatoms. The number of nitrogens with zero attached hydrogens (tertiary/aromatic N) is 2. The van der Waals surface area contributed by atoms with Crippen molar-refractivity contribution < 1.29 is 9.59 Å². The van der Waals surface area contributed by atoms with Gasteiger partial charge in [-0.15, -0.1) is 0 Å². The molecular weight excluding hydrogens is 374 g/mol. The number of amides is 2. The van der Waals surface area contributed by atoms with Gasteiger partial charge in [0, 0.05) is 37.6 Å². The average molecular weight is 408 g/mol. The third-order valence-electron chi connectivity index (χ3n) is 6.05. The van der Waals surface area contributed by atoms with Crippen LogP contribution in [0.2, 0.25) is 0 Å². The maximum atomic E-state index is 12.7. The van der Waals surface area contributed by atoms with Crippen molar-refractivity contribution >= 4 is 23.2 Å². The lowest BCUT2D eigenvalue weighted by Crippen LogP contribution is -2.44. The second kappa shape index (κ2) is 10.3. The van der Waals surface area contributed by atoms with E-state index >= 15 is 0 Å². The number of hydrogen-bond donors (Lipinski definition) is 1. The molecule has 2 aromatic carbocycles. The predicted molar refractivity (Wildman–Crippen MR) is 123 cm³/mol. The van der Waals surface area contributed by atoms with Crippen LogP contribution in [0.25, 0.3) is 0 Å². The summed E-state index contributed by atoms with van der Waals surface area (Å²) >= 11 is 0. The Balaban J connectivity index is 1.53. The molecule has 1 aliphatic heterocycles. The summed E-state index contributed by atoms with van der Waals surface area (Å²) in [5.41, 5.74) is 4.12. The van der Waals surface area contributed by atoms with Gasteiger partial charge in [-0.2, -0.15) is 0 Å². The van der Waals surface area contributed by atoms with Gasteiger partial charge in [0.25, 0.3) is 0 Å². The molecule has 1 N–H and O–H groups in total. The van der Waals surface area contributed by atoms with Crippen molar-refractivity contribution in [3.63, 3.8) is 0 Å². The number of carbonyl (C=O) groups is 2. The van der Waals surface area contributed by atoms with E-state index in [0.29, 0.717) is 24.7 Å². The lowest BCUT2D eigenvalue weighted by molar-refractivity contribution is -0.144. The number of benzene rings is 2. The fourth-order valence-electron chi connectivity index (χ4n) is 4.18. The third-order valence-corrected chi connectivity index (χ3v) is 6.05. The number of hydrogen-bond acceptors (Lipinski definition) is 3. The number of rotatable bonds is 6. The Labute approximate surface area is 180 Å². The number of aryl methyl sites for hydroxylation is 1. The minimum Gasteiger partial charge on any atom is -0.372 e. The number of carbonyl (C=O) groups excluding carboxylic acids is 2. The Kier molecular flexibility index (Phi) is 7.50. The van der Waals surface area contributed by atoms with Gasteiger partial charge in [0.05, 0.1) is 0 Å². The standard InChI is InChI=1S/C25H33N3O2/c1-4-27(5-2)22-11-12-23(19(3)17-22)26-24(29)25(30)28-15-13-21(14-16-28)18-20-9-7-6-8-10-20/h6-12,17,21H,4-5,13-16,18H2,1-3H3,(H,26,29). The van der Waals surface area contributed by atoms with Crippen LogP contribution in [-0.4, -0.2) is 42.9 Å². The molecule has 0 spiro atoms. The Morgan fingerprint density at radius 3 is 2.30 bits per heavy atom. The van der Waals surface area contributed by atoms with E-state index in [1.807, 2.05) is 25.1 Å². The minimum absolute atomic E-state index is 0.430. The zero-order valence-electron chi connectivity index (χ0n) is 18.4. The Morgan fingerprint density at radius 2 is 1.70 bits per heavy atom. The number of nitrogens with one attached hydrogen (secondary N) is 1. The van der Waals surface area contributed by atoms with Gasteiger partial charge in [0.2, 0.25) is 0 Å². The normalized spacial score (nSPS) is 14.4. The van der Waals surface area contributed by atoms with E-state index in [0.717, 1.165) is 43.6 Å². The number of piperidine rings is 1. The molecule has 1 heterocycles. The summed E-state index contributed by atoms with van der Waals surface area (Å²) in [6, 6.07) is 16.4. The molecule has 0 bridgehead atoms. The zero-order valence-corrected chi connectivity index (χ0v) is 18.4. The van der Waals surface area contributed by atoms with Gasteiger partial charge in [-0.05, 0) is 75.3 Å². The average Bonchev–Trinajstić information content (AvgIpc) is 2.77. The quantitative estimate of drug-likeness (QED) is 0.728. The van der Waals surface area contributed by atoms with Gasteiger partial charge in [0.15, 0.2) is 0 Å². The van der Waals surface area contributed by atoms with E-state index in [1.165, 1.54) is 5.56 Å². The van der Waals surface area contributed by atoms with Crippen LogP contribution in [0, 0.1) is 12.8 Å². The molecule has 0 radical (unpaired) electrons. The first-order valence-electron chi connectivity index (χ1n) is 11.0. The highest BCUT2D eigenvalue weighted by Crippen LogP contribution is 2.24. The molecule has 2 amide bonds. The SMILES string of the molecule is CCN(CC)c1ccc(NC(=O)C(=O)N2CCC(Cc3ccccc3)CC2)c(C)c1. The Morgan fingerprint density at radius 1 is 1.03 bits per heavy atom. The van der Waals surface area contributed by atoms with Crippen molar-refractivity contribution in [3.05, 3.63) is 59.7 Å².